The average Bonchev–Trinajstić information content (AvgIpc) is 2.50. The maximum atomic E-state index is 11.7. The van der Waals surface area contributed by atoms with Gasteiger partial charge in [0.25, 0.3) is 0 Å². The zero-order valence-electron chi connectivity index (χ0n) is 12.0. The number of benzene rings is 1. The summed E-state index contributed by atoms with van der Waals surface area (Å²) in [5.41, 5.74) is 5.14. The number of halogens is 1. The number of carbonyl (C=O) groups is 2. The molecule has 21 heavy (non-hydrogen) atoms. The summed E-state index contributed by atoms with van der Waals surface area (Å²) in [5, 5.41) is 3.10. The van der Waals surface area contributed by atoms with E-state index >= 15 is 0 Å². The number of hydrogen-bond acceptors (Lipinski definition) is 4. The van der Waals surface area contributed by atoms with Crippen LogP contribution in [0.25, 0.3) is 0 Å². The van der Waals surface area contributed by atoms with Crippen LogP contribution < -0.4 is 15.8 Å². The third-order valence-corrected chi connectivity index (χ3v) is 3.02. The fourth-order valence-electron chi connectivity index (χ4n) is 1.53. The molecule has 3 N–H and O–H groups in total. The first kappa shape index (κ1) is 17.3. The van der Waals surface area contributed by atoms with Gasteiger partial charge in [-0.1, -0.05) is 11.6 Å². The monoisotopic (exact) mass is 313 g/mol. The first-order valence-corrected chi connectivity index (χ1v) is 7.00. The molecule has 0 saturated heterocycles. The van der Waals surface area contributed by atoms with Crippen LogP contribution >= 0.6 is 11.6 Å². The van der Waals surface area contributed by atoms with Crippen molar-refractivity contribution in [2.24, 2.45) is 5.73 Å². The summed E-state index contributed by atoms with van der Waals surface area (Å²) in [6.45, 7) is 0.885. The molecule has 7 heteroatoms. The van der Waals surface area contributed by atoms with Crippen molar-refractivity contribution >= 4 is 23.4 Å². The Morgan fingerprint density at radius 2 is 2.00 bits per heavy atom. The van der Waals surface area contributed by atoms with Crippen LogP contribution in [0, 0.1) is 0 Å². The molecule has 0 aromatic heterocycles. The molecule has 0 unspecified atom stereocenters. The van der Waals surface area contributed by atoms with E-state index in [0.29, 0.717) is 24.6 Å². The lowest BCUT2D eigenvalue weighted by Gasteiger charge is -2.17. The normalized spacial score (nSPS) is 10.0. The molecule has 0 spiro atoms. The molecule has 6 nitrogen and oxygen atoms in total. The van der Waals surface area contributed by atoms with E-state index in [4.69, 9.17) is 22.1 Å². The van der Waals surface area contributed by atoms with Crippen LogP contribution in [0.15, 0.2) is 24.3 Å². The van der Waals surface area contributed by atoms with Gasteiger partial charge in [0, 0.05) is 18.6 Å². The van der Waals surface area contributed by atoms with Gasteiger partial charge < -0.3 is 20.7 Å². The van der Waals surface area contributed by atoms with E-state index in [1.807, 2.05) is 0 Å². The minimum absolute atomic E-state index is 0.0371. The molecule has 1 rings (SSSR count). The van der Waals surface area contributed by atoms with E-state index < -0.39 is 0 Å². The summed E-state index contributed by atoms with van der Waals surface area (Å²) >= 11 is 5.77. The molecule has 0 aliphatic heterocycles. The van der Waals surface area contributed by atoms with Crippen molar-refractivity contribution < 1.29 is 14.3 Å². The fraction of sp³-hybridized carbons (Fsp3) is 0.429. The minimum atomic E-state index is -0.345. The van der Waals surface area contributed by atoms with Gasteiger partial charge in [-0.05, 0) is 30.7 Å². The Bertz CT molecular complexity index is 465. The van der Waals surface area contributed by atoms with E-state index in [0.717, 1.165) is 5.75 Å². The maximum Gasteiger partial charge on any atom is 0.241 e. The summed E-state index contributed by atoms with van der Waals surface area (Å²) in [6.07, 6.45) is 0.690. The first-order valence-electron chi connectivity index (χ1n) is 6.62. The quantitative estimate of drug-likeness (QED) is 0.690. The standard InChI is InChI=1S/C14H20ClN3O3/c1-18(14(20)10-17-13(19)9-16)7-2-8-21-12-5-3-11(15)4-6-12/h3-6H,2,7-10,16H2,1H3,(H,17,19). The Morgan fingerprint density at radius 3 is 2.62 bits per heavy atom. The SMILES string of the molecule is CN(CCCOc1ccc(Cl)cc1)C(=O)CNC(=O)CN. The number of nitrogens with two attached hydrogens (primary N) is 1. The summed E-state index contributed by atoms with van der Waals surface area (Å²) in [4.78, 5) is 24.2. The van der Waals surface area contributed by atoms with Crippen molar-refractivity contribution in [3.8, 4) is 5.75 Å². The summed E-state index contributed by atoms with van der Waals surface area (Å²) in [5.74, 6) is 0.231. The number of rotatable bonds is 8. The van der Waals surface area contributed by atoms with Gasteiger partial charge in [-0.3, -0.25) is 9.59 Å². The predicted molar refractivity (Wildman–Crippen MR) is 81.3 cm³/mol. The van der Waals surface area contributed by atoms with E-state index in [9.17, 15) is 9.59 Å². The number of nitrogens with zero attached hydrogens (tertiary/aromatic N) is 1. The van der Waals surface area contributed by atoms with Crippen molar-refractivity contribution in [3.63, 3.8) is 0 Å². The van der Waals surface area contributed by atoms with E-state index in [1.54, 1.807) is 36.2 Å². The zero-order valence-corrected chi connectivity index (χ0v) is 12.7. The molecular formula is C14H20ClN3O3. The van der Waals surface area contributed by atoms with Crippen molar-refractivity contribution in [3.05, 3.63) is 29.3 Å². The summed E-state index contributed by atoms with van der Waals surface area (Å²) in [7, 11) is 1.68. The molecule has 116 valence electrons. The number of nitrogens with one attached hydrogen (secondary N) is 1. The number of likely N-dealkylation sites (N-methyl/N-ethyl adjacent to an activating group) is 1. The largest absolute Gasteiger partial charge is 0.494 e. The fourth-order valence-corrected chi connectivity index (χ4v) is 1.65. The zero-order chi connectivity index (χ0) is 15.7. The maximum absolute atomic E-state index is 11.7. The summed E-state index contributed by atoms with van der Waals surface area (Å²) < 4.78 is 5.52. The average molecular weight is 314 g/mol. The van der Waals surface area contributed by atoms with Gasteiger partial charge in [0.15, 0.2) is 0 Å². The second kappa shape index (κ2) is 9.20. The van der Waals surface area contributed by atoms with Gasteiger partial charge >= 0.3 is 0 Å². The predicted octanol–water partition coefficient (Wildman–Crippen LogP) is 0.642. The number of carbonyl (C=O) groups excluding carboxylic acids is 2. The topological polar surface area (TPSA) is 84.7 Å². The van der Waals surface area contributed by atoms with Crippen LogP contribution in [0.1, 0.15) is 6.42 Å². The van der Waals surface area contributed by atoms with Crippen LogP contribution in [0.3, 0.4) is 0 Å². The minimum Gasteiger partial charge on any atom is -0.494 e. The van der Waals surface area contributed by atoms with E-state index in [2.05, 4.69) is 5.32 Å². The van der Waals surface area contributed by atoms with Crippen LogP contribution in [0.2, 0.25) is 5.02 Å². The lowest BCUT2D eigenvalue weighted by atomic mass is 10.3. The lowest BCUT2D eigenvalue weighted by molar-refractivity contribution is -0.131. The molecule has 0 heterocycles. The van der Waals surface area contributed by atoms with E-state index in [-0.39, 0.29) is 24.9 Å². The van der Waals surface area contributed by atoms with E-state index in [1.165, 1.54) is 0 Å². The molecule has 0 saturated carbocycles. The van der Waals surface area contributed by atoms with Gasteiger partial charge in [0.2, 0.25) is 11.8 Å². The van der Waals surface area contributed by atoms with Crippen molar-refractivity contribution in [1.29, 1.82) is 0 Å². The Balaban J connectivity index is 2.17. The van der Waals surface area contributed by atoms with Crippen LogP contribution in [0.5, 0.6) is 5.75 Å². The third-order valence-electron chi connectivity index (χ3n) is 2.77. The van der Waals surface area contributed by atoms with Gasteiger partial charge in [-0.2, -0.15) is 0 Å². The Labute approximate surface area is 129 Å². The van der Waals surface area contributed by atoms with Crippen molar-refractivity contribution in [2.75, 3.05) is 33.3 Å². The molecular weight excluding hydrogens is 294 g/mol. The van der Waals surface area contributed by atoms with Crippen molar-refractivity contribution in [2.45, 2.75) is 6.42 Å². The molecule has 0 atom stereocenters. The van der Waals surface area contributed by atoms with Gasteiger partial charge in [-0.25, -0.2) is 0 Å². The van der Waals surface area contributed by atoms with Gasteiger partial charge in [0.1, 0.15) is 5.75 Å². The molecule has 0 bridgehead atoms. The second-order valence-corrected chi connectivity index (χ2v) is 4.89. The number of ether oxygens (including phenoxy) is 1. The van der Waals surface area contributed by atoms with Crippen LogP contribution in [-0.2, 0) is 9.59 Å². The van der Waals surface area contributed by atoms with Crippen LogP contribution in [-0.4, -0.2) is 50.0 Å². The molecule has 1 aromatic carbocycles. The number of hydrogen-bond donors (Lipinski definition) is 2. The Kier molecular flexibility index (Phi) is 7.56. The molecule has 0 aliphatic rings. The smallest absolute Gasteiger partial charge is 0.241 e. The van der Waals surface area contributed by atoms with Gasteiger partial charge in [0.05, 0.1) is 19.7 Å². The Morgan fingerprint density at radius 1 is 1.33 bits per heavy atom. The molecule has 1 aromatic rings. The summed E-state index contributed by atoms with van der Waals surface area (Å²) in [6, 6.07) is 7.10. The van der Waals surface area contributed by atoms with Crippen molar-refractivity contribution in [1.82, 2.24) is 10.2 Å². The first-order chi connectivity index (χ1) is 10.0. The number of amides is 2. The van der Waals surface area contributed by atoms with Crippen LogP contribution in [0.4, 0.5) is 0 Å². The highest BCUT2D eigenvalue weighted by Crippen LogP contribution is 2.15. The Hall–Kier alpha value is -1.79. The highest BCUT2D eigenvalue weighted by molar-refractivity contribution is 6.30. The van der Waals surface area contributed by atoms with Gasteiger partial charge in [-0.15, -0.1) is 0 Å². The highest BCUT2D eigenvalue weighted by Gasteiger charge is 2.09. The second-order valence-electron chi connectivity index (χ2n) is 4.45. The highest BCUT2D eigenvalue weighted by atomic mass is 35.5. The molecule has 0 radical (unpaired) electrons. The molecule has 0 fully saturated rings. The lowest BCUT2D eigenvalue weighted by Crippen LogP contribution is -2.40. The molecule has 0 aliphatic carbocycles. The third kappa shape index (κ3) is 6.97. The molecule has 2 amide bonds.